The van der Waals surface area contributed by atoms with Gasteiger partial charge in [0.2, 0.25) is 5.91 Å². The molecule has 140 valence electrons. The zero-order valence-corrected chi connectivity index (χ0v) is 16.3. The highest BCUT2D eigenvalue weighted by molar-refractivity contribution is 6.34. The minimum Gasteiger partial charge on any atom is -0.345 e. The van der Waals surface area contributed by atoms with Gasteiger partial charge in [0.05, 0.1) is 16.1 Å². The van der Waals surface area contributed by atoms with Gasteiger partial charge in [0.15, 0.2) is 0 Å². The van der Waals surface area contributed by atoms with Gasteiger partial charge < -0.3 is 16.4 Å². The molecule has 0 bridgehead atoms. The number of anilines is 1. The van der Waals surface area contributed by atoms with Gasteiger partial charge in [-0.05, 0) is 37.0 Å². The summed E-state index contributed by atoms with van der Waals surface area (Å²) in [6.45, 7) is 4.38. The van der Waals surface area contributed by atoms with Crippen molar-refractivity contribution in [1.82, 2.24) is 5.32 Å². The molecule has 0 aliphatic heterocycles. The smallest absolute Gasteiger partial charge is 0.253 e. The topological polar surface area (TPSA) is 84.2 Å². The van der Waals surface area contributed by atoms with Crippen molar-refractivity contribution >= 4 is 41.5 Å². The SMILES string of the molecule is CC(C)CC(=O)Nc1ccc(Cl)c(C(=O)NC2(CN)CCCC2)c1.Cl. The van der Waals surface area contributed by atoms with Gasteiger partial charge in [0.1, 0.15) is 0 Å². The monoisotopic (exact) mass is 387 g/mol. The minimum absolute atomic E-state index is 0. The number of hydrogen-bond acceptors (Lipinski definition) is 3. The maximum atomic E-state index is 12.6. The first-order valence-corrected chi connectivity index (χ1v) is 8.85. The molecule has 1 aromatic rings. The van der Waals surface area contributed by atoms with E-state index in [9.17, 15) is 9.59 Å². The van der Waals surface area contributed by atoms with Gasteiger partial charge >= 0.3 is 0 Å². The lowest BCUT2D eigenvalue weighted by atomic mass is 9.97. The molecule has 0 atom stereocenters. The number of amides is 2. The molecule has 25 heavy (non-hydrogen) atoms. The Balaban J connectivity index is 0.00000312. The van der Waals surface area contributed by atoms with Crippen LogP contribution in [0.2, 0.25) is 5.02 Å². The van der Waals surface area contributed by atoms with Crippen LogP contribution in [0.4, 0.5) is 5.69 Å². The van der Waals surface area contributed by atoms with Crippen molar-refractivity contribution in [2.45, 2.75) is 51.5 Å². The Morgan fingerprint density at radius 3 is 2.48 bits per heavy atom. The normalized spacial score (nSPS) is 15.6. The Hall–Kier alpha value is -1.30. The van der Waals surface area contributed by atoms with Crippen LogP contribution in [0.1, 0.15) is 56.3 Å². The third-order valence-electron chi connectivity index (χ3n) is 4.42. The largest absolute Gasteiger partial charge is 0.345 e. The number of nitrogens with two attached hydrogens (primary N) is 1. The molecule has 4 N–H and O–H groups in total. The number of carbonyl (C=O) groups is 2. The first kappa shape index (κ1) is 21.7. The molecule has 2 amide bonds. The lowest BCUT2D eigenvalue weighted by molar-refractivity contribution is -0.116. The van der Waals surface area contributed by atoms with Gasteiger partial charge in [-0.2, -0.15) is 0 Å². The van der Waals surface area contributed by atoms with E-state index in [4.69, 9.17) is 17.3 Å². The Labute approximate surface area is 160 Å². The number of carbonyl (C=O) groups excluding carboxylic acids is 2. The zero-order valence-electron chi connectivity index (χ0n) is 14.7. The summed E-state index contributed by atoms with van der Waals surface area (Å²) in [5.74, 6) is -0.0490. The molecule has 1 aliphatic rings. The summed E-state index contributed by atoms with van der Waals surface area (Å²) in [6, 6.07) is 4.95. The van der Waals surface area contributed by atoms with Gasteiger partial charge in [0, 0.05) is 18.7 Å². The third-order valence-corrected chi connectivity index (χ3v) is 4.75. The highest BCUT2D eigenvalue weighted by Gasteiger charge is 2.34. The van der Waals surface area contributed by atoms with E-state index in [1.54, 1.807) is 18.2 Å². The van der Waals surface area contributed by atoms with Crippen LogP contribution in [-0.4, -0.2) is 23.9 Å². The standard InChI is InChI=1S/C18H26ClN3O2.ClH/c1-12(2)9-16(23)21-13-5-6-15(19)14(10-13)17(24)22-18(11-20)7-3-4-8-18;/h5-6,10,12H,3-4,7-9,11,20H2,1-2H3,(H,21,23)(H,22,24);1H. The molecular weight excluding hydrogens is 361 g/mol. The van der Waals surface area contributed by atoms with Gasteiger partial charge in [-0.1, -0.05) is 38.3 Å². The fraction of sp³-hybridized carbons (Fsp3) is 0.556. The number of hydrogen-bond donors (Lipinski definition) is 3. The summed E-state index contributed by atoms with van der Waals surface area (Å²) in [5, 5.41) is 6.22. The highest BCUT2D eigenvalue weighted by atomic mass is 35.5. The second-order valence-electron chi connectivity index (χ2n) is 6.99. The number of nitrogens with one attached hydrogen (secondary N) is 2. The molecule has 0 radical (unpaired) electrons. The molecule has 5 nitrogen and oxygen atoms in total. The van der Waals surface area contributed by atoms with E-state index in [1.165, 1.54) is 0 Å². The van der Waals surface area contributed by atoms with Crippen LogP contribution in [0.3, 0.4) is 0 Å². The van der Waals surface area contributed by atoms with Crippen molar-refractivity contribution in [3.05, 3.63) is 28.8 Å². The average molecular weight is 388 g/mol. The molecule has 0 saturated heterocycles. The van der Waals surface area contributed by atoms with E-state index in [2.05, 4.69) is 10.6 Å². The molecule has 1 fully saturated rings. The van der Waals surface area contributed by atoms with Crippen LogP contribution in [0.5, 0.6) is 0 Å². The van der Waals surface area contributed by atoms with Crippen LogP contribution in [-0.2, 0) is 4.79 Å². The summed E-state index contributed by atoms with van der Waals surface area (Å²) >= 11 is 6.18. The van der Waals surface area contributed by atoms with E-state index in [0.717, 1.165) is 25.7 Å². The van der Waals surface area contributed by atoms with E-state index >= 15 is 0 Å². The van der Waals surface area contributed by atoms with Gasteiger partial charge in [0.25, 0.3) is 5.91 Å². The Kier molecular flexibility index (Phi) is 8.19. The van der Waals surface area contributed by atoms with E-state index in [1.807, 2.05) is 13.8 Å². The van der Waals surface area contributed by atoms with Crippen LogP contribution in [0.25, 0.3) is 0 Å². The second kappa shape index (κ2) is 9.41. The number of benzene rings is 1. The molecule has 0 unspecified atom stereocenters. The lowest BCUT2D eigenvalue weighted by Gasteiger charge is -2.29. The Bertz CT molecular complexity index is 614. The Morgan fingerprint density at radius 1 is 1.28 bits per heavy atom. The summed E-state index contributed by atoms with van der Waals surface area (Å²) in [7, 11) is 0. The molecule has 0 heterocycles. The van der Waals surface area contributed by atoms with Gasteiger partial charge in [-0.3, -0.25) is 9.59 Å². The summed E-state index contributed by atoms with van der Waals surface area (Å²) in [5.41, 5.74) is 6.47. The molecule has 1 aliphatic carbocycles. The molecule has 2 rings (SSSR count). The van der Waals surface area contributed by atoms with Crippen molar-refractivity contribution in [1.29, 1.82) is 0 Å². The highest BCUT2D eigenvalue weighted by Crippen LogP contribution is 2.30. The zero-order chi connectivity index (χ0) is 17.7. The first-order chi connectivity index (χ1) is 11.3. The summed E-state index contributed by atoms with van der Waals surface area (Å²) in [4.78, 5) is 24.5. The average Bonchev–Trinajstić information content (AvgIpc) is 2.97. The minimum atomic E-state index is -0.336. The molecule has 1 aromatic carbocycles. The van der Waals surface area contributed by atoms with E-state index in [-0.39, 0.29) is 35.7 Å². The molecule has 7 heteroatoms. The fourth-order valence-corrected chi connectivity index (χ4v) is 3.30. The maximum Gasteiger partial charge on any atom is 0.253 e. The molecule has 0 spiro atoms. The Morgan fingerprint density at radius 2 is 1.92 bits per heavy atom. The van der Waals surface area contributed by atoms with Crippen molar-refractivity contribution in [2.75, 3.05) is 11.9 Å². The number of rotatable bonds is 6. The summed E-state index contributed by atoms with van der Waals surface area (Å²) in [6.07, 6.45) is 4.34. The van der Waals surface area contributed by atoms with E-state index in [0.29, 0.717) is 29.2 Å². The predicted molar refractivity (Wildman–Crippen MR) is 105 cm³/mol. The lowest BCUT2D eigenvalue weighted by Crippen LogP contribution is -2.51. The van der Waals surface area contributed by atoms with Gasteiger partial charge in [-0.25, -0.2) is 0 Å². The van der Waals surface area contributed by atoms with Crippen molar-refractivity contribution in [2.24, 2.45) is 11.7 Å². The van der Waals surface area contributed by atoms with E-state index < -0.39 is 0 Å². The van der Waals surface area contributed by atoms with Crippen LogP contribution in [0.15, 0.2) is 18.2 Å². The number of halogens is 2. The van der Waals surface area contributed by atoms with Crippen molar-refractivity contribution in [3.8, 4) is 0 Å². The molecule has 1 saturated carbocycles. The fourth-order valence-electron chi connectivity index (χ4n) is 3.10. The maximum absolute atomic E-state index is 12.6. The predicted octanol–water partition coefficient (Wildman–Crippen LogP) is 3.75. The van der Waals surface area contributed by atoms with Crippen molar-refractivity contribution < 1.29 is 9.59 Å². The van der Waals surface area contributed by atoms with Crippen LogP contribution in [0, 0.1) is 5.92 Å². The third kappa shape index (κ3) is 5.87. The summed E-state index contributed by atoms with van der Waals surface area (Å²) < 4.78 is 0. The molecular formula is C18H27Cl2N3O2. The van der Waals surface area contributed by atoms with Crippen LogP contribution >= 0.6 is 24.0 Å². The van der Waals surface area contributed by atoms with Gasteiger partial charge in [-0.15, -0.1) is 12.4 Å². The van der Waals surface area contributed by atoms with Crippen molar-refractivity contribution in [3.63, 3.8) is 0 Å². The first-order valence-electron chi connectivity index (χ1n) is 8.47. The molecule has 0 aromatic heterocycles. The second-order valence-corrected chi connectivity index (χ2v) is 7.39. The quantitative estimate of drug-likeness (QED) is 0.694. The van der Waals surface area contributed by atoms with Crippen LogP contribution < -0.4 is 16.4 Å².